The molecule has 2 aliphatic rings. The number of likely N-dealkylation sites (tertiary alicyclic amines) is 2. The van der Waals surface area contributed by atoms with Gasteiger partial charge >= 0.3 is 0 Å². The fourth-order valence-corrected chi connectivity index (χ4v) is 4.98. The number of halogens is 1. The van der Waals surface area contributed by atoms with Crippen LogP contribution in [0.2, 0.25) is 5.02 Å². The molecule has 2 fully saturated rings. The lowest BCUT2D eigenvalue weighted by atomic mass is 9.81. The van der Waals surface area contributed by atoms with Gasteiger partial charge in [0.2, 0.25) is 5.89 Å². The predicted molar refractivity (Wildman–Crippen MR) is 113 cm³/mol. The number of hydrogen-bond acceptors (Lipinski definition) is 5. The van der Waals surface area contributed by atoms with E-state index in [9.17, 15) is 4.79 Å². The van der Waals surface area contributed by atoms with Gasteiger partial charge in [-0.2, -0.15) is 4.98 Å². The monoisotopic (exact) mass is 422 g/mol. The summed E-state index contributed by atoms with van der Waals surface area (Å²) in [6.07, 6.45) is 0. The van der Waals surface area contributed by atoms with E-state index < -0.39 is 0 Å². The van der Waals surface area contributed by atoms with Gasteiger partial charge < -0.3 is 9.42 Å². The van der Waals surface area contributed by atoms with E-state index in [0.717, 1.165) is 24.7 Å². The molecule has 0 spiro atoms. The second-order valence-electron chi connectivity index (χ2n) is 8.35. The maximum Gasteiger partial charge on any atom is 0.253 e. The molecule has 0 radical (unpaired) electrons. The number of nitrogens with zero attached hydrogens (tertiary/aromatic N) is 4. The number of aryl methyl sites for hydroxylation is 1. The number of benzene rings is 2. The van der Waals surface area contributed by atoms with Gasteiger partial charge in [-0.25, -0.2) is 0 Å². The summed E-state index contributed by atoms with van der Waals surface area (Å²) >= 11 is 6.03. The summed E-state index contributed by atoms with van der Waals surface area (Å²) in [4.78, 5) is 22.0. The summed E-state index contributed by atoms with van der Waals surface area (Å²) in [6.45, 7) is 5.59. The molecule has 3 heterocycles. The predicted octanol–water partition coefficient (Wildman–Crippen LogP) is 3.56. The quantitative estimate of drug-likeness (QED) is 0.643. The van der Waals surface area contributed by atoms with Gasteiger partial charge in [0.25, 0.3) is 5.91 Å². The Hall–Kier alpha value is -2.70. The second-order valence-corrected chi connectivity index (χ2v) is 8.78. The minimum Gasteiger partial charge on any atom is -0.339 e. The molecule has 0 N–H and O–H groups in total. The van der Waals surface area contributed by atoms with Gasteiger partial charge in [-0.05, 0) is 36.8 Å². The average Bonchev–Trinajstić information content (AvgIpc) is 3.42. The Balaban J connectivity index is 1.40. The van der Waals surface area contributed by atoms with Crippen LogP contribution in [0.1, 0.15) is 27.6 Å². The Morgan fingerprint density at radius 3 is 2.60 bits per heavy atom. The molecule has 2 aromatic carbocycles. The van der Waals surface area contributed by atoms with E-state index in [1.54, 1.807) is 0 Å². The number of hydrogen-bond donors (Lipinski definition) is 0. The zero-order chi connectivity index (χ0) is 20.7. The SMILES string of the molecule is Cc1noc(C23CN(Cc4ccc(Cl)cc4)CC2CN(C(=O)c2ccccc2)C3)n1. The van der Waals surface area contributed by atoms with Gasteiger partial charge in [-0.3, -0.25) is 9.69 Å². The third kappa shape index (κ3) is 3.40. The van der Waals surface area contributed by atoms with Crippen molar-refractivity contribution in [1.82, 2.24) is 19.9 Å². The molecule has 6 nitrogen and oxygen atoms in total. The number of aromatic nitrogens is 2. The molecule has 1 amide bonds. The van der Waals surface area contributed by atoms with E-state index in [1.807, 2.05) is 54.3 Å². The van der Waals surface area contributed by atoms with Crippen LogP contribution < -0.4 is 0 Å². The molecule has 3 aromatic rings. The van der Waals surface area contributed by atoms with E-state index in [4.69, 9.17) is 16.1 Å². The fourth-order valence-electron chi connectivity index (χ4n) is 4.86. The van der Waals surface area contributed by atoms with E-state index in [-0.39, 0.29) is 17.2 Å². The zero-order valence-corrected chi connectivity index (χ0v) is 17.5. The number of fused-ring (bicyclic) bond motifs is 1. The number of rotatable bonds is 4. The lowest BCUT2D eigenvalue weighted by Crippen LogP contribution is -2.40. The van der Waals surface area contributed by atoms with Gasteiger partial charge in [0, 0.05) is 49.2 Å². The molecule has 7 heteroatoms. The molecule has 0 aliphatic carbocycles. The lowest BCUT2D eigenvalue weighted by molar-refractivity contribution is 0.0766. The van der Waals surface area contributed by atoms with Crippen LogP contribution in [0.3, 0.4) is 0 Å². The molecular formula is C23H23ClN4O2. The first-order valence-corrected chi connectivity index (χ1v) is 10.5. The maximum absolute atomic E-state index is 13.1. The molecular weight excluding hydrogens is 400 g/mol. The summed E-state index contributed by atoms with van der Waals surface area (Å²) in [6, 6.07) is 17.4. The summed E-state index contributed by atoms with van der Waals surface area (Å²) in [5.74, 6) is 1.58. The third-order valence-electron chi connectivity index (χ3n) is 6.26. The van der Waals surface area contributed by atoms with Crippen LogP contribution in [0.15, 0.2) is 59.1 Å². The van der Waals surface area contributed by atoms with Crippen molar-refractivity contribution in [3.8, 4) is 0 Å². The van der Waals surface area contributed by atoms with E-state index in [2.05, 4.69) is 27.2 Å². The normalized spacial score (nSPS) is 23.7. The third-order valence-corrected chi connectivity index (χ3v) is 6.51. The Morgan fingerprint density at radius 1 is 1.13 bits per heavy atom. The molecule has 0 bridgehead atoms. The van der Waals surface area contributed by atoms with Gasteiger partial charge in [0.1, 0.15) is 0 Å². The van der Waals surface area contributed by atoms with Crippen molar-refractivity contribution in [2.45, 2.75) is 18.9 Å². The van der Waals surface area contributed by atoms with Crippen molar-refractivity contribution in [2.75, 3.05) is 26.2 Å². The molecule has 2 aliphatic heterocycles. The molecule has 30 heavy (non-hydrogen) atoms. The molecule has 2 saturated heterocycles. The van der Waals surface area contributed by atoms with E-state index in [1.165, 1.54) is 5.56 Å². The van der Waals surface area contributed by atoms with E-state index >= 15 is 0 Å². The van der Waals surface area contributed by atoms with Crippen molar-refractivity contribution in [3.05, 3.63) is 82.5 Å². The highest BCUT2D eigenvalue weighted by molar-refractivity contribution is 6.30. The van der Waals surface area contributed by atoms with Crippen molar-refractivity contribution >= 4 is 17.5 Å². The molecule has 5 rings (SSSR count). The highest BCUT2D eigenvalue weighted by Gasteiger charge is 2.57. The van der Waals surface area contributed by atoms with Crippen LogP contribution in [0.25, 0.3) is 0 Å². The average molecular weight is 423 g/mol. The first-order valence-electron chi connectivity index (χ1n) is 10.2. The van der Waals surface area contributed by atoms with Crippen LogP contribution in [0, 0.1) is 12.8 Å². The molecule has 0 saturated carbocycles. The highest BCUT2D eigenvalue weighted by atomic mass is 35.5. The van der Waals surface area contributed by atoms with Crippen molar-refractivity contribution in [1.29, 1.82) is 0 Å². The zero-order valence-electron chi connectivity index (χ0n) is 16.8. The van der Waals surface area contributed by atoms with E-state index in [0.29, 0.717) is 30.4 Å². The molecule has 1 aromatic heterocycles. The molecule has 2 unspecified atom stereocenters. The molecule has 154 valence electrons. The summed E-state index contributed by atoms with van der Waals surface area (Å²) in [7, 11) is 0. The first kappa shape index (κ1) is 19.3. The Morgan fingerprint density at radius 2 is 1.90 bits per heavy atom. The Labute approximate surface area is 180 Å². The highest BCUT2D eigenvalue weighted by Crippen LogP contribution is 2.45. The topological polar surface area (TPSA) is 62.5 Å². The smallest absolute Gasteiger partial charge is 0.253 e. The van der Waals surface area contributed by atoms with Crippen molar-refractivity contribution in [3.63, 3.8) is 0 Å². The Bertz CT molecular complexity index is 1050. The van der Waals surface area contributed by atoms with Crippen molar-refractivity contribution in [2.24, 2.45) is 5.92 Å². The fraction of sp³-hybridized carbons (Fsp3) is 0.348. The van der Waals surface area contributed by atoms with Crippen LogP contribution in [-0.2, 0) is 12.0 Å². The van der Waals surface area contributed by atoms with Gasteiger partial charge in [0.05, 0.1) is 5.41 Å². The number of amides is 1. The van der Waals surface area contributed by atoms with Crippen LogP contribution >= 0.6 is 11.6 Å². The Kier molecular flexibility index (Phi) is 4.83. The number of carbonyl (C=O) groups excluding carboxylic acids is 1. The van der Waals surface area contributed by atoms with Crippen LogP contribution in [-0.4, -0.2) is 52.0 Å². The van der Waals surface area contributed by atoms with Crippen LogP contribution in [0.4, 0.5) is 0 Å². The van der Waals surface area contributed by atoms with Gasteiger partial charge in [-0.1, -0.05) is 47.1 Å². The second kappa shape index (κ2) is 7.52. The minimum atomic E-state index is -0.335. The van der Waals surface area contributed by atoms with Gasteiger partial charge in [0.15, 0.2) is 5.82 Å². The maximum atomic E-state index is 13.1. The first-order chi connectivity index (χ1) is 14.5. The number of carbonyl (C=O) groups is 1. The summed E-state index contributed by atoms with van der Waals surface area (Å²) < 4.78 is 5.66. The summed E-state index contributed by atoms with van der Waals surface area (Å²) in [5.41, 5.74) is 1.60. The minimum absolute atomic E-state index is 0.0601. The van der Waals surface area contributed by atoms with Crippen LogP contribution in [0.5, 0.6) is 0 Å². The summed E-state index contributed by atoms with van der Waals surface area (Å²) in [5, 5.41) is 4.78. The largest absolute Gasteiger partial charge is 0.339 e. The van der Waals surface area contributed by atoms with Crippen molar-refractivity contribution < 1.29 is 9.32 Å². The lowest BCUT2D eigenvalue weighted by Gasteiger charge is -2.26. The van der Waals surface area contributed by atoms with Gasteiger partial charge in [-0.15, -0.1) is 0 Å². The standard InChI is InChI=1S/C23H23ClN4O2/c1-16-25-22(30-26-16)23-14-27(11-17-7-9-20(24)10-8-17)12-19(23)13-28(15-23)21(29)18-5-3-2-4-6-18/h2-10,19H,11-15H2,1H3. The molecule has 2 atom stereocenters.